The highest BCUT2D eigenvalue weighted by Crippen LogP contribution is 2.38. The number of amidine groups is 1. The van der Waals surface area contributed by atoms with E-state index in [1.165, 1.54) is 0 Å². The molecule has 102 valence electrons. The molecule has 2 amide bonds. The number of nitrogens with two attached hydrogens (primary N) is 1. The number of ether oxygens (including phenoxy) is 1. The van der Waals surface area contributed by atoms with Gasteiger partial charge in [0.05, 0.1) is 6.61 Å². The minimum absolute atomic E-state index is 0.0665. The number of amides is 2. The van der Waals surface area contributed by atoms with E-state index in [1.807, 2.05) is 0 Å². The minimum Gasteiger partial charge on any atom is -0.394 e. The normalized spacial score (nSPS) is 35.8. The molecule has 2 aliphatic rings. The van der Waals surface area contributed by atoms with Gasteiger partial charge in [-0.25, -0.2) is 4.79 Å². The van der Waals surface area contributed by atoms with Gasteiger partial charge in [0.1, 0.15) is 11.9 Å². The van der Waals surface area contributed by atoms with Crippen molar-refractivity contribution in [1.82, 2.24) is 4.90 Å². The summed E-state index contributed by atoms with van der Waals surface area (Å²) in [4.78, 5) is 15.6. The van der Waals surface area contributed by atoms with Crippen LogP contribution in [0.1, 0.15) is 6.42 Å². The Bertz CT molecular complexity index is 390. The second-order valence-electron chi connectivity index (χ2n) is 4.16. The summed E-state index contributed by atoms with van der Waals surface area (Å²) in [5.41, 5.74) is 5.32. The second-order valence-corrected chi connectivity index (χ2v) is 4.16. The number of aliphatic hydroxyl groups is 2. The van der Waals surface area contributed by atoms with Gasteiger partial charge in [0.2, 0.25) is 6.23 Å². The fourth-order valence-corrected chi connectivity index (χ4v) is 1.94. The zero-order valence-corrected chi connectivity index (χ0v) is 9.29. The Balaban J connectivity index is 2.21. The average molecular weight is 265 g/mol. The van der Waals surface area contributed by atoms with Crippen LogP contribution in [-0.4, -0.2) is 64.5 Å². The van der Waals surface area contributed by atoms with Crippen LogP contribution in [0.3, 0.4) is 0 Å². The molecule has 0 spiro atoms. The summed E-state index contributed by atoms with van der Waals surface area (Å²) in [7, 11) is 0. The number of aliphatic hydroxyl groups excluding tert-OH is 2. The maximum absolute atomic E-state index is 13.7. The third-order valence-electron chi connectivity index (χ3n) is 2.94. The quantitative estimate of drug-likeness (QED) is 0.586. The molecular formula is C9H13F2N3O4. The van der Waals surface area contributed by atoms with Gasteiger partial charge in [-0.15, -0.1) is 0 Å². The number of rotatable bonds is 2. The van der Waals surface area contributed by atoms with Crippen molar-refractivity contribution >= 4 is 11.9 Å². The average Bonchev–Trinajstić information content (AvgIpc) is 2.52. The highest BCUT2D eigenvalue weighted by Gasteiger charge is 2.61. The minimum atomic E-state index is -3.66. The van der Waals surface area contributed by atoms with E-state index >= 15 is 0 Å². The summed E-state index contributed by atoms with van der Waals surface area (Å²) in [6.45, 7) is -0.833. The molecule has 18 heavy (non-hydrogen) atoms. The van der Waals surface area contributed by atoms with E-state index in [4.69, 9.17) is 15.6 Å². The summed E-state index contributed by atoms with van der Waals surface area (Å²) < 4.78 is 32.3. The maximum atomic E-state index is 13.7. The lowest BCUT2D eigenvalue weighted by Crippen LogP contribution is -2.53. The van der Waals surface area contributed by atoms with Crippen LogP contribution in [0.4, 0.5) is 13.6 Å². The van der Waals surface area contributed by atoms with Gasteiger partial charge < -0.3 is 20.7 Å². The molecule has 7 nitrogen and oxygen atoms in total. The molecule has 0 saturated carbocycles. The summed E-state index contributed by atoms with van der Waals surface area (Å²) in [6, 6.07) is -0.936. The highest BCUT2D eigenvalue weighted by molar-refractivity contribution is 5.95. The number of hydrogen-bond acceptors (Lipinski definition) is 5. The first-order valence-electron chi connectivity index (χ1n) is 5.33. The third kappa shape index (κ3) is 1.93. The fourth-order valence-electron chi connectivity index (χ4n) is 1.94. The van der Waals surface area contributed by atoms with Crippen LogP contribution in [0.2, 0.25) is 0 Å². The smallest absolute Gasteiger partial charge is 0.347 e. The first kappa shape index (κ1) is 13.1. The molecule has 2 rings (SSSR count). The molecule has 0 bridgehead atoms. The predicted molar refractivity (Wildman–Crippen MR) is 55.0 cm³/mol. The molecule has 9 heteroatoms. The largest absolute Gasteiger partial charge is 0.394 e. The molecule has 3 atom stereocenters. The third-order valence-corrected chi connectivity index (χ3v) is 2.94. The van der Waals surface area contributed by atoms with Crippen LogP contribution < -0.4 is 5.73 Å². The molecule has 4 N–H and O–H groups in total. The van der Waals surface area contributed by atoms with Crippen molar-refractivity contribution in [3.8, 4) is 0 Å². The molecule has 0 aromatic rings. The SMILES string of the molecule is NC1=NC(=O)N([C@@H]2O[C@H](CO)[C@@H](O)C2(F)F)CC1. The number of hydrogen-bond donors (Lipinski definition) is 3. The molecule has 2 heterocycles. The van der Waals surface area contributed by atoms with E-state index in [9.17, 15) is 18.7 Å². The maximum Gasteiger partial charge on any atom is 0.347 e. The van der Waals surface area contributed by atoms with Crippen molar-refractivity contribution in [2.75, 3.05) is 13.2 Å². The Morgan fingerprint density at radius 1 is 1.61 bits per heavy atom. The Morgan fingerprint density at radius 3 is 2.78 bits per heavy atom. The summed E-state index contributed by atoms with van der Waals surface area (Å²) in [6.07, 6.45) is -5.37. The van der Waals surface area contributed by atoms with E-state index in [-0.39, 0.29) is 18.8 Å². The van der Waals surface area contributed by atoms with Crippen LogP contribution >= 0.6 is 0 Å². The summed E-state index contributed by atoms with van der Waals surface area (Å²) >= 11 is 0. The molecule has 2 aliphatic heterocycles. The number of aliphatic imine (C=N–C) groups is 1. The van der Waals surface area contributed by atoms with Crippen molar-refractivity contribution < 1.29 is 28.5 Å². The lowest BCUT2D eigenvalue weighted by Gasteiger charge is -2.32. The van der Waals surface area contributed by atoms with Gasteiger partial charge >= 0.3 is 12.0 Å². The number of nitrogens with zero attached hydrogens (tertiary/aromatic N) is 2. The predicted octanol–water partition coefficient (Wildman–Crippen LogP) is -1.12. The Kier molecular flexibility index (Phi) is 3.21. The van der Waals surface area contributed by atoms with E-state index in [1.54, 1.807) is 0 Å². The van der Waals surface area contributed by atoms with E-state index in [0.717, 1.165) is 0 Å². The van der Waals surface area contributed by atoms with E-state index in [2.05, 4.69) is 4.99 Å². The van der Waals surface area contributed by atoms with E-state index < -0.39 is 37.0 Å². The number of halogens is 2. The lowest BCUT2D eigenvalue weighted by atomic mass is 10.1. The fraction of sp³-hybridized carbons (Fsp3) is 0.778. The van der Waals surface area contributed by atoms with Crippen molar-refractivity contribution in [1.29, 1.82) is 0 Å². The molecule has 0 radical (unpaired) electrons. The van der Waals surface area contributed by atoms with Crippen molar-refractivity contribution in [3.63, 3.8) is 0 Å². The van der Waals surface area contributed by atoms with Gasteiger partial charge in [0, 0.05) is 13.0 Å². The zero-order chi connectivity index (χ0) is 13.5. The Hall–Kier alpha value is -1.32. The van der Waals surface area contributed by atoms with Crippen LogP contribution in [-0.2, 0) is 4.74 Å². The Labute approximate surface area is 101 Å². The molecular weight excluding hydrogens is 252 g/mol. The number of carbonyl (C=O) groups excluding carboxylic acids is 1. The zero-order valence-electron chi connectivity index (χ0n) is 9.29. The van der Waals surface area contributed by atoms with Crippen LogP contribution in [0.15, 0.2) is 4.99 Å². The lowest BCUT2D eigenvalue weighted by molar-refractivity contribution is -0.153. The molecule has 0 aliphatic carbocycles. The van der Waals surface area contributed by atoms with Crippen molar-refractivity contribution in [2.24, 2.45) is 10.7 Å². The van der Waals surface area contributed by atoms with Gasteiger partial charge in [0.15, 0.2) is 6.10 Å². The van der Waals surface area contributed by atoms with Gasteiger partial charge in [0.25, 0.3) is 0 Å². The van der Waals surface area contributed by atoms with Crippen molar-refractivity contribution in [3.05, 3.63) is 0 Å². The van der Waals surface area contributed by atoms with Crippen LogP contribution in [0, 0.1) is 0 Å². The first-order chi connectivity index (χ1) is 8.37. The molecule has 1 saturated heterocycles. The number of carbonyl (C=O) groups is 1. The monoisotopic (exact) mass is 265 g/mol. The van der Waals surface area contributed by atoms with E-state index in [0.29, 0.717) is 4.90 Å². The molecule has 0 aromatic heterocycles. The Morgan fingerprint density at radius 2 is 2.28 bits per heavy atom. The van der Waals surface area contributed by atoms with Gasteiger partial charge in [-0.1, -0.05) is 0 Å². The van der Waals surface area contributed by atoms with Gasteiger partial charge in [-0.2, -0.15) is 13.8 Å². The van der Waals surface area contributed by atoms with Crippen molar-refractivity contribution in [2.45, 2.75) is 30.8 Å². The molecule has 0 unspecified atom stereocenters. The van der Waals surface area contributed by atoms with Gasteiger partial charge in [-0.05, 0) is 0 Å². The summed E-state index contributed by atoms with van der Waals surface area (Å²) in [5.74, 6) is -3.60. The number of alkyl halides is 2. The number of urea groups is 1. The van der Waals surface area contributed by atoms with Crippen LogP contribution in [0.5, 0.6) is 0 Å². The first-order valence-corrected chi connectivity index (χ1v) is 5.33. The van der Waals surface area contributed by atoms with Crippen LogP contribution in [0.25, 0.3) is 0 Å². The molecule has 1 fully saturated rings. The standard InChI is InChI=1S/C9H13F2N3O4/c10-9(11)6(16)4(3-15)18-7(9)14-2-1-5(12)13-8(14)17/h4,6-7,15-16H,1-3H2,(H2,12,13,17)/t4-,6-,7-/m1/s1. The second kappa shape index (κ2) is 4.41. The summed E-state index contributed by atoms with van der Waals surface area (Å²) in [5, 5.41) is 18.1. The molecule has 0 aromatic carbocycles. The highest BCUT2D eigenvalue weighted by atomic mass is 19.3. The topological polar surface area (TPSA) is 108 Å². The van der Waals surface area contributed by atoms with Gasteiger partial charge in [-0.3, -0.25) is 4.90 Å².